The van der Waals surface area contributed by atoms with Crippen molar-refractivity contribution in [3.63, 3.8) is 0 Å². The lowest BCUT2D eigenvalue weighted by Gasteiger charge is -1.96. The van der Waals surface area contributed by atoms with Gasteiger partial charge in [-0.15, -0.1) is 11.8 Å². The van der Waals surface area contributed by atoms with Crippen LogP contribution in [0.2, 0.25) is 0 Å². The van der Waals surface area contributed by atoms with Crippen LogP contribution in [0.15, 0.2) is 41.3 Å². The average molecular weight is 224 g/mol. The number of ketones is 1. The number of hydrogen-bond acceptors (Lipinski definition) is 2. The fourth-order valence-corrected chi connectivity index (χ4v) is 1.75. The summed E-state index contributed by atoms with van der Waals surface area (Å²) in [6.07, 6.45) is 4.30. The predicted molar refractivity (Wildman–Crippen MR) is 61.6 cm³/mol. The molecule has 0 unspecified atom stereocenters. The van der Waals surface area contributed by atoms with E-state index in [0.717, 1.165) is 10.6 Å². The minimum absolute atomic E-state index is 0.165. The zero-order valence-electron chi connectivity index (χ0n) is 8.57. The minimum atomic E-state index is -0.216. The summed E-state index contributed by atoms with van der Waals surface area (Å²) in [5.74, 6) is 0.753. The highest BCUT2D eigenvalue weighted by molar-refractivity contribution is 7.99. The van der Waals surface area contributed by atoms with E-state index in [0.29, 0.717) is 6.42 Å². The van der Waals surface area contributed by atoms with Gasteiger partial charge in [0.05, 0.1) is 0 Å². The van der Waals surface area contributed by atoms with Crippen molar-refractivity contribution in [1.82, 2.24) is 0 Å². The summed E-state index contributed by atoms with van der Waals surface area (Å²) in [7, 11) is 0. The highest BCUT2D eigenvalue weighted by Gasteiger charge is 1.92. The Kier molecular flexibility index (Phi) is 5.12. The Morgan fingerprint density at radius 3 is 2.60 bits per heavy atom. The first-order valence-electron chi connectivity index (χ1n) is 4.71. The van der Waals surface area contributed by atoms with Crippen molar-refractivity contribution in [3.8, 4) is 0 Å². The second-order valence-corrected chi connectivity index (χ2v) is 4.24. The summed E-state index contributed by atoms with van der Waals surface area (Å²) in [4.78, 5) is 11.6. The first kappa shape index (κ1) is 12.0. The number of Topliss-reactive ketones (excluding diaryl/α,β-unsaturated/α-hetero) is 1. The maximum absolute atomic E-state index is 12.6. The summed E-state index contributed by atoms with van der Waals surface area (Å²) >= 11 is 1.62. The molecule has 0 aliphatic heterocycles. The third-order valence-electron chi connectivity index (χ3n) is 1.73. The second kappa shape index (κ2) is 6.40. The van der Waals surface area contributed by atoms with Crippen molar-refractivity contribution < 1.29 is 9.18 Å². The van der Waals surface area contributed by atoms with Crippen molar-refractivity contribution in [2.75, 3.05) is 5.75 Å². The van der Waals surface area contributed by atoms with Crippen LogP contribution in [0.3, 0.4) is 0 Å². The molecule has 0 amide bonds. The van der Waals surface area contributed by atoms with Crippen LogP contribution < -0.4 is 0 Å². The van der Waals surface area contributed by atoms with Gasteiger partial charge in [0.25, 0.3) is 0 Å². The van der Waals surface area contributed by atoms with Gasteiger partial charge in [0.1, 0.15) is 11.6 Å². The monoisotopic (exact) mass is 224 g/mol. The Morgan fingerprint density at radius 2 is 2.00 bits per heavy atom. The molecule has 0 fully saturated rings. The Bertz CT molecular complexity index is 343. The third kappa shape index (κ3) is 5.37. The van der Waals surface area contributed by atoms with Crippen molar-refractivity contribution in [2.24, 2.45) is 0 Å². The number of thioether (sulfide) groups is 1. The maximum Gasteiger partial charge on any atom is 0.133 e. The molecule has 0 aliphatic rings. The number of halogens is 1. The predicted octanol–water partition coefficient (Wildman–Crippen LogP) is 3.45. The molecule has 0 spiro atoms. The molecule has 0 saturated carbocycles. The van der Waals surface area contributed by atoms with Crippen LogP contribution in [0, 0.1) is 5.82 Å². The number of rotatable bonds is 5. The zero-order valence-corrected chi connectivity index (χ0v) is 9.39. The molecule has 0 heterocycles. The molecule has 1 nitrogen and oxygen atoms in total. The van der Waals surface area contributed by atoms with E-state index in [2.05, 4.69) is 0 Å². The van der Waals surface area contributed by atoms with E-state index in [1.165, 1.54) is 12.1 Å². The molecule has 15 heavy (non-hydrogen) atoms. The molecule has 3 heteroatoms. The first-order chi connectivity index (χ1) is 7.18. The highest BCUT2D eigenvalue weighted by Crippen LogP contribution is 2.17. The number of carbonyl (C=O) groups is 1. The molecule has 0 aromatic heterocycles. The standard InChI is InChI=1S/C12H13FOS/c1-10(14)4-2-3-9-15-12-7-5-11(13)6-8-12/h2-3,5-8H,4,9H2,1H3/b3-2+. The normalized spacial score (nSPS) is 10.8. The van der Waals surface area contributed by atoms with Crippen LogP contribution in [0.25, 0.3) is 0 Å². The molecule has 1 aromatic carbocycles. The zero-order chi connectivity index (χ0) is 11.1. The quantitative estimate of drug-likeness (QED) is 0.563. The smallest absolute Gasteiger partial charge is 0.133 e. The molecule has 0 bridgehead atoms. The fourth-order valence-electron chi connectivity index (χ4n) is 0.992. The van der Waals surface area contributed by atoms with Gasteiger partial charge in [-0.2, -0.15) is 0 Å². The molecule has 0 saturated heterocycles. The fraction of sp³-hybridized carbons (Fsp3) is 0.250. The number of hydrogen-bond donors (Lipinski definition) is 0. The summed E-state index contributed by atoms with van der Waals surface area (Å²) < 4.78 is 12.6. The average Bonchev–Trinajstić information content (AvgIpc) is 2.20. The van der Waals surface area contributed by atoms with Crippen LogP contribution in [-0.4, -0.2) is 11.5 Å². The van der Waals surface area contributed by atoms with Crippen molar-refractivity contribution in [1.29, 1.82) is 0 Å². The summed E-state index contributed by atoms with van der Waals surface area (Å²) in [6.45, 7) is 1.57. The molecule has 1 rings (SSSR count). The van der Waals surface area contributed by atoms with Crippen LogP contribution in [-0.2, 0) is 4.79 Å². The Hall–Kier alpha value is -1.09. The largest absolute Gasteiger partial charge is 0.300 e. The van der Waals surface area contributed by atoms with Gasteiger partial charge in [-0.1, -0.05) is 12.2 Å². The second-order valence-electron chi connectivity index (χ2n) is 3.14. The summed E-state index contributed by atoms with van der Waals surface area (Å²) in [5, 5.41) is 0. The van der Waals surface area contributed by atoms with Gasteiger partial charge in [0, 0.05) is 17.1 Å². The minimum Gasteiger partial charge on any atom is -0.300 e. The van der Waals surface area contributed by atoms with Crippen LogP contribution in [0.1, 0.15) is 13.3 Å². The van der Waals surface area contributed by atoms with Gasteiger partial charge in [0.2, 0.25) is 0 Å². The van der Waals surface area contributed by atoms with Gasteiger partial charge in [-0.25, -0.2) is 4.39 Å². The summed E-state index contributed by atoms with van der Waals surface area (Å²) in [5.41, 5.74) is 0. The van der Waals surface area contributed by atoms with E-state index in [9.17, 15) is 9.18 Å². The van der Waals surface area contributed by atoms with Gasteiger partial charge in [-0.3, -0.25) is 4.79 Å². The number of carbonyl (C=O) groups excluding carboxylic acids is 1. The molecule has 1 aromatic rings. The van der Waals surface area contributed by atoms with Crippen LogP contribution in [0.4, 0.5) is 4.39 Å². The van der Waals surface area contributed by atoms with Crippen LogP contribution in [0.5, 0.6) is 0 Å². The van der Waals surface area contributed by atoms with Gasteiger partial charge >= 0.3 is 0 Å². The molecule has 0 aliphatic carbocycles. The van der Waals surface area contributed by atoms with E-state index in [-0.39, 0.29) is 11.6 Å². The SMILES string of the molecule is CC(=O)C/C=C/CSc1ccc(F)cc1. The lowest BCUT2D eigenvalue weighted by Crippen LogP contribution is -1.84. The Balaban J connectivity index is 2.28. The lowest BCUT2D eigenvalue weighted by atomic mass is 10.3. The first-order valence-corrected chi connectivity index (χ1v) is 5.70. The molecule has 0 radical (unpaired) electrons. The number of allylic oxidation sites excluding steroid dienone is 1. The van der Waals surface area contributed by atoms with E-state index in [1.54, 1.807) is 30.8 Å². The lowest BCUT2D eigenvalue weighted by molar-refractivity contribution is -0.116. The topological polar surface area (TPSA) is 17.1 Å². The van der Waals surface area contributed by atoms with Gasteiger partial charge in [0.15, 0.2) is 0 Å². The molecule has 0 atom stereocenters. The van der Waals surface area contributed by atoms with Crippen molar-refractivity contribution in [3.05, 3.63) is 42.2 Å². The molecular formula is C12H13FOS. The van der Waals surface area contributed by atoms with Crippen LogP contribution >= 0.6 is 11.8 Å². The Morgan fingerprint density at radius 1 is 1.33 bits per heavy atom. The van der Waals surface area contributed by atoms with Crippen molar-refractivity contribution in [2.45, 2.75) is 18.2 Å². The summed E-state index contributed by atoms with van der Waals surface area (Å²) in [6, 6.07) is 6.39. The third-order valence-corrected chi connectivity index (χ3v) is 2.70. The molecule has 0 N–H and O–H groups in total. The van der Waals surface area contributed by atoms with Gasteiger partial charge < -0.3 is 0 Å². The van der Waals surface area contributed by atoms with E-state index >= 15 is 0 Å². The van der Waals surface area contributed by atoms with Gasteiger partial charge in [-0.05, 0) is 31.2 Å². The van der Waals surface area contributed by atoms with Crippen molar-refractivity contribution >= 4 is 17.5 Å². The van der Waals surface area contributed by atoms with E-state index < -0.39 is 0 Å². The van der Waals surface area contributed by atoms with E-state index in [1.807, 2.05) is 12.2 Å². The van der Waals surface area contributed by atoms with E-state index in [4.69, 9.17) is 0 Å². The number of benzene rings is 1. The highest BCUT2D eigenvalue weighted by atomic mass is 32.2. The maximum atomic E-state index is 12.6. The Labute approximate surface area is 93.4 Å². The molecule has 80 valence electrons. The molecular weight excluding hydrogens is 211 g/mol.